The third-order valence-electron chi connectivity index (χ3n) is 7.10. The number of rotatable bonds is 1. The predicted octanol–water partition coefficient (Wildman–Crippen LogP) is 5.17. The molecule has 0 nitrogen and oxygen atoms in total. The van der Waals surface area contributed by atoms with Gasteiger partial charge in [0.2, 0.25) is 0 Å². The van der Waals surface area contributed by atoms with Crippen LogP contribution in [0.1, 0.15) is 77.0 Å². The summed E-state index contributed by atoms with van der Waals surface area (Å²) in [6.45, 7) is 0. The quantitative estimate of drug-likeness (QED) is 0.585. The van der Waals surface area contributed by atoms with Crippen molar-refractivity contribution in [1.82, 2.24) is 0 Å². The third kappa shape index (κ3) is 1.70. The maximum Gasteiger partial charge on any atom is -0.0264 e. The Kier molecular flexibility index (Phi) is 2.56. The topological polar surface area (TPSA) is 0 Å². The fourth-order valence-electron chi connectivity index (χ4n) is 6.43. The molecule has 0 heteroatoms. The van der Waals surface area contributed by atoms with E-state index in [1.807, 2.05) is 0 Å². The molecule has 5 atom stereocenters. The normalized spacial score (nSPS) is 53.6. The first-order valence-corrected chi connectivity index (χ1v) is 8.36. The zero-order valence-electron chi connectivity index (χ0n) is 11.3. The molecule has 17 heavy (non-hydrogen) atoms. The molecule has 0 aromatic rings. The van der Waals surface area contributed by atoms with Crippen molar-refractivity contribution in [2.45, 2.75) is 77.0 Å². The Balaban J connectivity index is 1.57. The van der Waals surface area contributed by atoms with E-state index in [0.29, 0.717) is 0 Å². The zero-order valence-corrected chi connectivity index (χ0v) is 11.3. The van der Waals surface area contributed by atoms with E-state index in [9.17, 15) is 0 Å². The third-order valence-corrected chi connectivity index (χ3v) is 7.10. The van der Waals surface area contributed by atoms with Gasteiger partial charge in [-0.25, -0.2) is 0 Å². The van der Waals surface area contributed by atoms with E-state index in [1.54, 1.807) is 77.0 Å². The van der Waals surface area contributed by atoms with Crippen LogP contribution in [0.2, 0.25) is 0 Å². The number of fused-ring (bicyclic) bond motifs is 4. The molecule has 0 amide bonds. The number of hydrogen-bond donors (Lipinski definition) is 0. The highest BCUT2D eigenvalue weighted by Gasteiger charge is 2.50. The summed E-state index contributed by atoms with van der Waals surface area (Å²) in [5, 5.41) is 0. The molecule has 4 bridgehead atoms. The second-order valence-electron chi connectivity index (χ2n) is 7.84. The van der Waals surface area contributed by atoms with Gasteiger partial charge in [-0.2, -0.15) is 0 Å². The summed E-state index contributed by atoms with van der Waals surface area (Å²) in [5.74, 6) is 4.59. The summed E-state index contributed by atoms with van der Waals surface area (Å²) in [7, 11) is 0. The molecule has 4 rings (SSSR count). The van der Waals surface area contributed by atoms with E-state index in [-0.39, 0.29) is 0 Å². The van der Waals surface area contributed by atoms with Crippen molar-refractivity contribution in [3.05, 3.63) is 0 Å². The summed E-state index contributed by atoms with van der Waals surface area (Å²) in [5.41, 5.74) is 0.857. The zero-order chi connectivity index (χ0) is 11.3. The van der Waals surface area contributed by atoms with Crippen molar-refractivity contribution in [1.29, 1.82) is 0 Å². The lowest BCUT2D eigenvalue weighted by molar-refractivity contribution is 0.00143. The maximum atomic E-state index is 1.64. The van der Waals surface area contributed by atoms with E-state index in [4.69, 9.17) is 0 Å². The SMILES string of the molecule is C1CC2CCC(C34CCCC(CC3)C4)C(C1)C2. The van der Waals surface area contributed by atoms with Gasteiger partial charge in [-0.1, -0.05) is 38.5 Å². The lowest BCUT2D eigenvalue weighted by atomic mass is 9.55. The minimum absolute atomic E-state index is 0.857. The fourth-order valence-corrected chi connectivity index (χ4v) is 6.43. The largest absolute Gasteiger partial charge is 0.0528 e. The molecule has 96 valence electrons. The lowest BCUT2D eigenvalue weighted by Gasteiger charge is -2.50. The molecule has 0 heterocycles. The van der Waals surface area contributed by atoms with Gasteiger partial charge in [0, 0.05) is 0 Å². The van der Waals surface area contributed by atoms with E-state index in [1.165, 1.54) is 0 Å². The van der Waals surface area contributed by atoms with Crippen molar-refractivity contribution in [2.75, 3.05) is 0 Å². The summed E-state index contributed by atoms with van der Waals surface area (Å²) in [4.78, 5) is 0. The highest BCUT2D eigenvalue weighted by atomic mass is 14.6. The van der Waals surface area contributed by atoms with E-state index in [2.05, 4.69) is 0 Å². The van der Waals surface area contributed by atoms with E-state index < -0.39 is 0 Å². The van der Waals surface area contributed by atoms with Crippen molar-refractivity contribution in [3.63, 3.8) is 0 Å². The predicted molar refractivity (Wildman–Crippen MR) is 71.8 cm³/mol. The van der Waals surface area contributed by atoms with Gasteiger partial charge < -0.3 is 0 Å². The van der Waals surface area contributed by atoms with Crippen molar-refractivity contribution in [3.8, 4) is 0 Å². The Morgan fingerprint density at radius 1 is 0.706 bits per heavy atom. The Labute approximate surface area is 107 Å². The fraction of sp³-hybridized carbons (Fsp3) is 1.00. The second kappa shape index (κ2) is 4.00. The average Bonchev–Trinajstić information content (AvgIpc) is 2.66. The van der Waals surface area contributed by atoms with Gasteiger partial charge in [0.25, 0.3) is 0 Å². The van der Waals surface area contributed by atoms with Gasteiger partial charge in [0.15, 0.2) is 0 Å². The monoisotopic (exact) mass is 232 g/mol. The average molecular weight is 232 g/mol. The van der Waals surface area contributed by atoms with Crippen LogP contribution in [0.25, 0.3) is 0 Å². The molecule has 0 aromatic carbocycles. The summed E-state index contributed by atoms with van der Waals surface area (Å²) in [6, 6.07) is 0. The second-order valence-corrected chi connectivity index (χ2v) is 7.84. The molecule has 0 aliphatic heterocycles. The van der Waals surface area contributed by atoms with E-state index in [0.717, 1.165) is 29.1 Å². The van der Waals surface area contributed by atoms with Crippen LogP contribution in [0.4, 0.5) is 0 Å². The molecule has 4 aliphatic rings. The summed E-state index contributed by atoms with van der Waals surface area (Å²) < 4.78 is 0. The Bertz CT molecular complexity index is 290. The minimum atomic E-state index is 0.857. The first kappa shape index (κ1) is 10.9. The Hall–Kier alpha value is 0. The maximum absolute atomic E-state index is 1.64. The summed E-state index contributed by atoms with van der Waals surface area (Å²) >= 11 is 0. The van der Waals surface area contributed by atoms with Gasteiger partial charge in [-0.3, -0.25) is 0 Å². The molecule has 4 fully saturated rings. The van der Waals surface area contributed by atoms with Crippen LogP contribution in [-0.4, -0.2) is 0 Å². The molecular weight excluding hydrogens is 204 g/mol. The standard InChI is InChI=1S/C17H28/c1-3-13-6-7-16(15(5-1)11-13)17-9-2-4-14(12-17)8-10-17/h13-16H,1-12H2. The molecule has 0 saturated heterocycles. The Morgan fingerprint density at radius 2 is 1.65 bits per heavy atom. The molecule has 0 spiro atoms. The first-order valence-electron chi connectivity index (χ1n) is 8.36. The summed E-state index contributed by atoms with van der Waals surface area (Å²) in [6.07, 6.45) is 19.1. The van der Waals surface area contributed by atoms with Crippen LogP contribution in [-0.2, 0) is 0 Å². The highest BCUT2D eigenvalue weighted by Crippen LogP contribution is 2.61. The molecular formula is C17H28. The molecule has 0 radical (unpaired) electrons. The van der Waals surface area contributed by atoms with Crippen LogP contribution < -0.4 is 0 Å². The van der Waals surface area contributed by atoms with Gasteiger partial charge in [-0.15, -0.1) is 0 Å². The van der Waals surface area contributed by atoms with Crippen molar-refractivity contribution in [2.24, 2.45) is 29.1 Å². The van der Waals surface area contributed by atoms with Crippen LogP contribution in [0, 0.1) is 29.1 Å². The smallest absolute Gasteiger partial charge is 0.0264 e. The van der Waals surface area contributed by atoms with Crippen LogP contribution >= 0.6 is 0 Å². The first-order chi connectivity index (χ1) is 8.36. The minimum Gasteiger partial charge on any atom is -0.0528 e. The molecule has 5 unspecified atom stereocenters. The van der Waals surface area contributed by atoms with Crippen LogP contribution in [0.3, 0.4) is 0 Å². The van der Waals surface area contributed by atoms with Gasteiger partial charge >= 0.3 is 0 Å². The Morgan fingerprint density at radius 3 is 2.65 bits per heavy atom. The van der Waals surface area contributed by atoms with Gasteiger partial charge in [0.05, 0.1) is 0 Å². The number of hydrogen-bond acceptors (Lipinski definition) is 0. The van der Waals surface area contributed by atoms with Gasteiger partial charge in [-0.05, 0) is 67.6 Å². The van der Waals surface area contributed by atoms with Gasteiger partial charge in [0.1, 0.15) is 0 Å². The molecule has 0 N–H and O–H groups in total. The highest BCUT2D eigenvalue weighted by molar-refractivity contribution is 5.01. The molecule has 4 aliphatic carbocycles. The molecule has 0 aromatic heterocycles. The lowest BCUT2D eigenvalue weighted by Crippen LogP contribution is -2.40. The van der Waals surface area contributed by atoms with Crippen molar-refractivity contribution < 1.29 is 0 Å². The van der Waals surface area contributed by atoms with E-state index >= 15 is 0 Å². The van der Waals surface area contributed by atoms with Crippen LogP contribution in [0.5, 0.6) is 0 Å². The van der Waals surface area contributed by atoms with Crippen molar-refractivity contribution >= 4 is 0 Å². The molecule has 4 saturated carbocycles. The van der Waals surface area contributed by atoms with Crippen LogP contribution in [0.15, 0.2) is 0 Å².